The molecule has 0 heterocycles. The van der Waals surface area contributed by atoms with Gasteiger partial charge in [-0.1, -0.05) is 151 Å². The molecule has 0 saturated carbocycles. The van der Waals surface area contributed by atoms with E-state index in [9.17, 15) is 8.78 Å². The van der Waals surface area contributed by atoms with Crippen molar-refractivity contribution in [2.75, 3.05) is 0 Å². The standard InChI is InChI=1S/C36H46F2/c1-3-5-7-9-10-12-14-16-29-17-21-31(22-18-29)32-25-27-34(28-26-32)36(38)35(37)33-23-19-30(20-24-33)15-13-11-8-6-4-2/h17-28H,3-16H2,1-2H3/b36-35+. The Kier molecular flexibility index (Phi) is 13.3. The number of hydrogen-bond donors (Lipinski definition) is 0. The third kappa shape index (κ3) is 9.86. The molecule has 0 bridgehead atoms. The van der Waals surface area contributed by atoms with Gasteiger partial charge in [0.1, 0.15) is 0 Å². The molecular weight excluding hydrogens is 470 g/mol. The van der Waals surface area contributed by atoms with E-state index in [4.69, 9.17) is 0 Å². The van der Waals surface area contributed by atoms with Crippen LogP contribution in [0.1, 0.15) is 113 Å². The molecule has 3 rings (SSSR count). The van der Waals surface area contributed by atoms with Crippen LogP contribution in [0.5, 0.6) is 0 Å². The van der Waals surface area contributed by atoms with Crippen LogP contribution in [0, 0.1) is 0 Å². The minimum absolute atomic E-state index is 0.266. The molecule has 0 nitrogen and oxygen atoms in total. The summed E-state index contributed by atoms with van der Waals surface area (Å²) in [5.74, 6) is -1.61. The lowest BCUT2D eigenvalue weighted by molar-refractivity contribution is 0.589. The van der Waals surface area contributed by atoms with Gasteiger partial charge in [0.05, 0.1) is 0 Å². The van der Waals surface area contributed by atoms with E-state index in [1.165, 1.54) is 81.8 Å². The molecule has 3 aromatic carbocycles. The van der Waals surface area contributed by atoms with Crippen LogP contribution in [-0.4, -0.2) is 0 Å². The molecule has 0 spiro atoms. The van der Waals surface area contributed by atoms with E-state index in [0.717, 1.165) is 30.4 Å². The van der Waals surface area contributed by atoms with Crippen LogP contribution in [-0.2, 0) is 12.8 Å². The van der Waals surface area contributed by atoms with Crippen molar-refractivity contribution in [2.45, 2.75) is 104 Å². The number of benzene rings is 3. The lowest BCUT2D eigenvalue weighted by atomic mass is 9.99. The highest BCUT2D eigenvalue weighted by Gasteiger charge is 2.12. The fraction of sp³-hybridized carbons (Fsp3) is 0.444. The summed E-state index contributed by atoms with van der Waals surface area (Å²) < 4.78 is 29.9. The van der Waals surface area contributed by atoms with Gasteiger partial charge < -0.3 is 0 Å². The smallest absolute Gasteiger partial charge is 0.166 e. The van der Waals surface area contributed by atoms with Gasteiger partial charge in [-0.15, -0.1) is 0 Å². The van der Waals surface area contributed by atoms with Crippen molar-refractivity contribution < 1.29 is 8.78 Å². The van der Waals surface area contributed by atoms with Crippen LogP contribution in [0.4, 0.5) is 8.78 Å². The van der Waals surface area contributed by atoms with Gasteiger partial charge in [-0.2, -0.15) is 0 Å². The van der Waals surface area contributed by atoms with Crippen molar-refractivity contribution in [2.24, 2.45) is 0 Å². The Morgan fingerprint density at radius 1 is 0.421 bits per heavy atom. The monoisotopic (exact) mass is 516 g/mol. The first-order valence-corrected chi connectivity index (χ1v) is 15.0. The topological polar surface area (TPSA) is 0 Å². The fourth-order valence-electron chi connectivity index (χ4n) is 4.96. The Morgan fingerprint density at radius 2 is 0.737 bits per heavy atom. The predicted molar refractivity (Wildman–Crippen MR) is 162 cm³/mol. The molecule has 3 aromatic rings. The summed E-state index contributed by atoms with van der Waals surface area (Å²) in [5, 5.41) is 0. The summed E-state index contributed by atoms with van der Waals surface area (Å²) in [6.45, 7) is 4.47. The maximum absolute atomic E-state index is 15.0. The summed E-state index contributed by atoms with van der Waals surface area (Å²) in [6, 6.07) is 22.9. The van der Waals surface area contributed by atoms with Gasteiger partial charge in [0, 0.05) is 11.1 Å². The highest BCUT2D eigenvalue weighted by molar-refractivity contribution is 5.83. The second-order valence-corrected chi connectivity index (χ2v) is 10.6. The first kappa shape index (κ1) is 29.8. The molecule has 38 heavy (non-hydrogen) atoms. The summed E-state index contributed by atoms with van der Waals surface area (Å²) in [7, 11) is 0. The normalized spacial score (nSPS) is 12.0. The molecule has 0 saturated heterocycles. The Balaban J connectivity index is 1.52. The molecular formula is C36H46F2. The van der Waals surface area contributed by atoms with Gasteiger partial charge in [-0.25, -0.2) is 8.78 Å². The third-order valence-corrected chi connectivity index (χ3v) is 7.46. The van der Waals surface area contributed by atoms with Gasteiger partial charge in [-0.3, -0.25) is 0 Å². The molecule has 0 aliphatic rings. The summed E-state index contributed by atoms with van der Waals surface area (Å²) in [4.78, 5) is 0. The van der Waals surface area contributed by atoms with Crippen LogP contribution in [0.15, 0.2) is 72.8 Å². The predicted octanol–water partition coefficient (Wildman–Crippen LogP) is 11.9. The summed E-state index contributed by atoms with van der Waals surface area (Å²) >= 11 is 0. The molecule has 0 fully saturated rings. The summed E-state index contributed by atoms with van der Waals surface area (Å²) in [6.07, 6.45) is 17.5. The lowest BCUT2D eigenvalue weighted by Crippen LogP contribution is -1.89. The van der Waals surface area contributed by atoms with Crippen molar-refractivity contribution in [3.63, 3.8) is 0 Å². The molecule has 2 heteroatoms. The second-order valence-electron chi connectivity index (χ2n) is 10.6. The zero-order chi connectivity index (χ0) is 27.0. The van der Waals surface area contributed by atoms with E-state index in [1.807, 2.05) is 24.3 Å². The second kappa shape index (κ2) is 17.0. The molecule has 204 valence electrons. The van der Waals surface area contributed by atoms with Gasteiger partial charge in [0.2, 0.25) is 0 Å². The zero-order valence-electron chi connectivity index (χ0n) is 23.6. The molecule has 0 amide bonds. The Morgan fingerprint density at radius 3 is 1.16 bits per heavy atom. The average Bonchev–Trinajstić information content (AvgIpc) is 2.96. The number of unbranched alkanes of at least 4 members (excludes halogenated alkanes) is 10. The zero-order valence-corrected chi connectivity index (χ0v) is 23.6. The van der Waals surface area contributed by atoms with Crippen molar-refractivity contribution in [1.29, 1.82) is 0 Å². The van der Waals surface area contributed by atoms with Gasteiger partial charge in [-0.05, 0) is 47.9 Å². The van der Waals surface area contributed by atoms with Crippen molar-refractivity contribution in [3.8, 4) is 11.1 Å². The molecule has 0 N–H and O–H groups in total. The molecule has 0 aromatic heterocycles. The molecule has 0 atom stereocenters. The van der Waals surface area contributed by atoms with E-state index in [0.29, 0.717) is 0 Å². The largest absolute Gasteiger partial charge is 0.203 e. The molecule has 0 radical (unpaired) electrons. The van der Waals surface area contributed by atoms with Crippen LogP contribution in [0.3, 0.4) is 0 Å². The number of rotatable bonds is 17. The van der Waals surface area contributed by atoms with Crippen LogP contribution in [0.2, 0.25) is 0 Å². The quantitative estimate of drug-likeness (QED) is 0.124. The fourth-order valence-corrected chi connectivity index (χ4v) is 4.96. The average molecular weight is 517 g/mol. The highest BCUT2D eigenvalue weighted by Crippen LogP contribution is 2.31. The first-order chi connectivity index (χ1) is 18.6. The van der Waals surface area contributed by atoms with E-state index in [-0.39, 0.29) is 11.1 Å². The minimum Gasteiger partial charge on any atom is -0.203 e. The number of halogens is 2. The SMILES string of the molecule is CCCCCCCCCc1ccc(-c2ccc(/C(F)=C(\F)c3ccc(CCCCCCC)cc3)cc2)cc1. The van der Waals surface area contributed by atoms with Gasteiger partial charge >= 0.3 is 0 Å². The Bertz CT molecular complexity index is 1080. The van der Waals surface area contributed by atoms with E-state index < -0.39 is 11.7 Å². The van der Waals surface area contributed by atoms with Crippen molar-refractivity contribution in [1.82, 2.24) is 0 Å². The third-order valence-electron chi connectivity index (χ3n) is 7.46. The van der Waals surface area contributed by atoms with E-state index >= 15 is 0 Å². The molecule has 0 aliphatic carbocycles. The van der Waals surface area contributed by atoms with Gasteiger partial charge in [0.25, 0.3) is 0 Å². The highest BCUT2D eigenvalue weighted by atomic mass is 19.2. The minimum atomic E-state index is -0.811. The lowest BCUT2D eigenvalue weighted by Gasteiger charge is -2.07. The van der Waals surface area contributed by atoms with Crippen LogP contribution < -0.4 is 0 Å². The Hall–Kier alpha value is -2.74. The van der Waals surface area contributed by atoms with Gasteiger partial charge in [0.15, 0.2) is 11.7 Å². The van der Waals surface area contributed by atoms with E-state index in [1.54, 1.807) is 24.3 Å². The first-order valence-electron chi connectivity index (χ1n) is 15.0. The van der Waals surface area contributed by atoms with E-state index in [2.05, 4.69) is 38.1 Å². The maximum atomic E-state index is 15.0. The molecule has 0 unspecified atom stereocenters. The van der Waals surface area contributed by atoms with Crippen molar-refractivity contribution in [3.05, 3.63) is 95.1 Å². The Labute approximate surface area is 230 Å². The number of aryl methyl sites for hydroxylation is 2. The summed E-state index contributed by atoms with van der Waals surface area (Å²) in [5.41, 5.74) is 5.19. The maximum Gasteiger partial charge on any atom is 0.166 e. The number of hydrogen-bond acceptors (Lipinski definition) is 0. The molecule has 0 aliphatic heterocycles. The van der Waals surface area contributed by atoms with Crippen LogP contribution >= 0.6 is 0 Å². The van der Waals surface area contributed by atoms with Crippen molar-refractivity contribution >= 4 is 11.7 Å². The van der Waals surface area contributed by atoms with Crippen LogP contribution in [0.25, 0.3) is 22.8 Å².